The molecule has 0 rings (SSSR count). The Hall–Kier alpha value is 0.460. The van der Waals surface area contributed by atoms with Crippen molar-refractivity contribution >= 4 is 31.9 Å². The molecule has 0 aromatic heterocycles. The van der Waals surface area contributed by atoms with Crippen LogP contribution in [0.1, 0.15) is 0 Å². The number of allylic oxidation sites excluding steroid dienone is 1. The molecule has 0 atom stereocenters. The van der Waals surface area contributed by atoms with Crippen molar-refractivity contribution in [1.29, 1.82) is 0 Å². The van der Waals surface area contributed by atoms with E-state index in [4.69, 9.17) is 10.2 Å². The Balaban J connectivity index is 3.83. The molecular formula is C4H6Br2O2. The van der Waals surface area contributed by atoms with E-state index in [9.17, 15) is 0 Å². The second kappa shape index (κ2) is 4.35. The third-order valence-electron chi connectivity index (χ3n) is 0.580. The van der Waals surface area contributed by atoms with Gasteiger partial charge in [-0.25, -0.2) is 0 Å². The highest BCUT2D eigenvalue weighted by Crippen LogP contribution is 2.11. The maximum atomic E-state index is 8.68. The lowest BCUT2D eigenvalue weighted by molar-refractivity contribution is 0.252. The van der Waals surface area contributed by atoms with Gasteiger partial charge in [-0.1, -0.05) is 31.9 Å². The van der Waals surface area contributed by atoms with E-state index in [1.165, 1.54) is 0 Å². The Bertz CT molecular complexity index is 88.2. The number of hydrogen-bond donors (Lipinski definition) is 2. The maximum Gasteiger partial charge on any atom is 0.129 e. The van der Waals surface area contributed by atoms with E-state index in [1.54, 1.807) is 0 Å². The molecule has 0 aliphatic carbocycles. The van der Waals surface area contributed by atoms with E-state index in [0.717, 1.165) is 0 Å². The lowest BCUT2D eigenvalue weighted by atomic mass is 10.5. The van der Waals surface area contributed by atoms with Gasteiger partial charge in [-0.3, -0.25) is 0 Å². The van der Waals surface area contributed by atoms with E-state index in [2.05, 4.69) is 31.9 Å². The third-order valence-corrected chi connectivity index (χ3v) is 2.63. The highest BCUT2D eigenvalue weighted by Gasteiger charge is 1.95. The first-order valence-electron chi connectivity index (χ1n) is 1.95. The van der Waals surface area contributed by atoms with Gasteiger partial charge in [0.15, 0.2) is 0 Å². The van der Waals surface area contributed by atoms with Crippen molar-refractivity contribution in [3.63, 3.8) is 0 Å². The molecule has 0 saturated carbocycles. The molecule has 0 aromatic rings. The molecular weight excluding hydrogens is 240 g/mol. The highest BCUT2D eigenvalue weighted by atomic mass is 79.9. The Morgan fingerprint density at radius 1 is 1.50 bits per heavy atom. The topological polar surface area (TPSA) is 40.5 Å². The van der Waals surface area contributed by atoms with Crippen LogP contribution in [-0.2, 0) is 0 Å². The van der Waals surface area contributed by atoms with Gasteiger partial charge in [0, 0.05) is 9.81 Å². The monoisotopic (exact) mass is 244 g/mol. The smallest absolute Gasteiger partial charge is 0.129 e. The van der Waals surface area contributed by atoms with Crippen molar-refractivity contribution in [1.82, 2.24) is 0 Å². The summed E-state index contributed by atoms with van der Waals surface area (Å²) in [6, 6.07) is 0. The zero-order chi connectivity index (χ0) is 6.57. The lowest BCUT2D eigenvalue weighted by Gasteiger charge is -1.94. The van der Waals surface area contributed by atoms with Gasteiger partial charge in [0.2, 0.25) is 0 Å². The molecule has 0 unspecified atom stereocenters. The van der Waals surface area contributed by atoms with Crippen LogP contribution in [0, 0.1) is 0 Å². The number of aliphatic hydroxyl groups is 2. The van der Waals surface area contributed by atoms with Gasteiger partial charge < -0.3 is 10.2 Å². The molecule has 0 spiro atoms. The molecule has 0 fully saturated rings. The second-order valence-corrected chi connectivity index (χ2v) is 2.66. The molecule has 0 radical (unpaired) electrons. The Kier molecular flexibility index (Phi) is 4.60. The fraction of sp³-hybridized carbons (Fsp3) is 0.500. The van der Waals surface area contributed by atoms with Crippen molar-refractivity contribution in [3.8, 4) is 0 Å². The Morgan fingerprint density at radius 3 is 2.12 bits per heavy atom. The van der Waals surface area contributed by atoms with E-state index in [-0.39, 0.29) is 12.4 Å². The summed E-state index contributed by atoms with van der Waals surface area (Å²) < 4.78 is 0.583. The van der Waals surface area contributed by atoms with Gasteiger partial charge in [-0.05, 0) is 0 Å². The molecule has 8 heavy (non-hydrogen) atoms. The normalized spacial score (nSPS) is 13.4. The number of hydrogen-bond acceptors (Lipinski definition) is 2. The number of alkyl halides is 1. The predicted molar refractivity (Wildman–Crippen MR) is 39.5 cm³/mol. The van der Waals surface area contributed by atoms with Crippen LogP contribution in [0.4, 0.5) is 0 Å². The predicted octanol–water partition coefficient (Wildman–Crippen LogP) is 1.54. The van der Waals surface area contributed by atoms with Crippen LogP contribution in [0.5, 0.6) is 0 Å². The Morgan fingerprint density at radius 2 is 2.00 bits per heavy atom. The molecule has 0 aliphatic rings. The van der Waals surface area contributed by atoms with Crippen LogP contribution >= 0.6 is 31.9 Å². The standard InChI is InChI=1S/C4H6Br2O2/c5-1-3(6)4(8)2-7/h7-8H,1-2H2. The molecule has 0 aliphatic heterocycles. The number of rotatable bonds is 2. The first kappa shape index (κ1) is 8.46. The van der Waals surface area contributed by atoms with Crippen molar-refractivity contribution in [2.75, 3.05) is 11.9 Å². The molecule has 0 saturated heterocycles. The summed E-state index contributed by atoms with van der Waals surface area (Å²) in [5.41, 5.74) is 0. The van der Waals surface area contributed by atoms with Gasteiger partial charge in [0.05, 0.1) is 0 Å². The minimum atomic E-state index is -0.313. The number of halogens is 2. The average molecular weight is 246 g/mol. The van der Waals surface area contributed by atoms with E-state index in [0.29, 0.717) is 9.81 Å². The minimum absolute atomic E-state index is 0.0260. The van der Waals surface area contributed by atoms with Gasteiger partial charge >= 0.3 is 0 Å². The maximum absolute atomic E-state index is 8.68. The zero-order valence-corrected chi connectivity index (χ0v) is 7.24. The molecule has 2 nitrogen and oxygen atoms in total. The first-order valence-corrected chi connectivity index (χ1v) is 3.87. The van der Waals surface area contributed by atoms with Crippen molar-refractivity contribution < 1.29 is 10.2 Å². The summed E-state index contributed by atoms with van der Waals surface area (Å²) in [4.78, 5) is 0. The van der Waals surface area contributed by atoms with Gasteiger partial charge in [-0.2, -0.15) is 0 Å². The van der Waals surface area contributed by atoms with Gasteiger partial charge in [0.1, 0.15) is 12.4 Å². The summed E-state index contributed by atoms with van der Waals surface area (Å²) in [5.74, 6) is -0.0260. The number of aliphatic hydroxyl groups excluding tert-OH is 2. The summed E-state index contributed by atoms with van der Waals surface area (Å²) in [6.45, 7) is -0.313. The molecule has 0 aromatic carbocycles. The van der Waals surface area contributed by atoms with Crippen molar-refractivity contribution in [2.24, 2.45) is 0 Å². The summed E-state index contributed by atoms with van der Waals surface area (Å²) in [6.07, 6.45) is 0. The van der Waals surface area contributed by atoms with Crippen LogP contribution < -0.4 is 0 Å². The SMILES string of the molecule is OCC(O)=C(Br)CBr. The van der Waals surface area contributed by atoms with Crippen LogP contribution in [0.3, 0.4) is 0 Å². The fourth-order valence-corrected chi connectivity index (χ4v) is 0.612. The third kappa shape index (κ3) is 2.69. The van der Waals surface area contributed by atoms with E-state index >= 15 is 0 Å². The van der Waals surface area contributed by atoms with Crippen molar-refractivity contribution in [3.05, 3.63) is 10.2 Å². The second-order valence-electron chi connectivity index (χ2n) is 1.14. The van der Waals surface area contributed by atoms with Gasteiger partial charge in [0.25, 0.3) is 0 Å². The van der Waals surface area contributed by atoms with E-state index in [1.807, 2.05) is 0 Å². The lowest BCUT2D eigenvalue weighted by Crippen LogP contribution is -1.91. The highest BCUT2D eigenvalue weighted by molar-refractivity contribution is 9.13. The molecule has 48 valence electrons. The molecule has 0 amide bonds. The van der Waals surface area contributed by atoms with Crippen molar-refractivity contribution in [2.45, 2.75) is 0 Å². The van der Waals surface area contributed by atoms with E-state index < -0.39 is 0 Å². The largest absolute Gasteiger partial charge is 0.509 e. The molecule has 4 heteroatoms. The summed E-state index contributed by atoms with van der Waals surface area (Å²) in [5, 5.41) is 17.5. The van der Waals surface area contributed by atoms with Crippen LogP contribution in [-0.4, -0.2) is 22.2 Å². The summed E-state index contributed by atoms with van der Waals surface area (Å²) in [7, 11) is 0. The van der Waals surface area contributed by atoms with Crippen LogP contribution in [0.25, 0.3) is 0 Å². The van der Waals surface area contributed by atoms with Crippen LogP contribution in [0.15, 0.2) is 10.2 Å². The Labute approximate surface area is 64.5 Å². The summed E-state index contributed by atoms with van der Waals surface area (Å²) >= 11 is 6.11. The average Bonchev–Trinajstić information content (AvgIpc) is 1.84. The molecule has 2 N–H and O–H groups in total. The first-order chi connectivity index (χ1) is 3.72. The molecule has 0 bridgehead atoms. The fourth-order valence-electron chi connectivity index (χ4n) is 0.163. The minimum Gasteiger partial charge on any atom is -0.509 e. The molecule has 0 heterocycles. The van der Waals surface area contributed by atoms with Crippen LogP contribution in [0.2, 0.25) is 0 Å². The quantitative estimate of drug-likeness (QED) is 0.573. The van der Waals surface area contributed by atoms with Gasteiger partial charge in [-0.15, -0.1) is 0 Å². The zero-order valence-electron chi connectivity index (χ0n) is 4.06.